The maximum atomic E-state index is 13.3. The molecule has 2 rings (SSSR count). The van der Waals surface area contributed by atoms with Gasteiger partial charge in [-0.1, -0.05) is 13.0 Å². The minimum atomic E-state index is -0.273. The summed E-state index contributed by atoms with van der Waals surface area (Å²) in [6, 6.07) is 7.39. The fraction of sp³-hybridized carbons (Fsp3) is 0.562. The molecule has 0 bridgehead atoms. The summed E-state index contributed by atoms with van der Waals surface area (Å²) in [5, 5.41) is 9.51. The number of nitriles is 1. The molecular formula is C16H20FN. The van der Waals surface area contributed by atoms with Crippen molar-refractivity contribution in [3.63, 3.8) is 0 Å². The Kier molecular flexibility index (Phi) is 3.71. The molecule has 0 spiro atoms. The van der Waals surface area contributed by atoms with Crippen LogP contribution in [-0.4, -0.2) is 0 Å². The zero-order valence-electron chi connectivity index (χ0n) is 11.2. The monoisotopic (exact) mass is 245 g/mol. The largest absolute Gasteiger partial charge is 0.207 e. The van der Waals surface area contributed by atoms with Gasteiger partial charge < -0.3 is 0 Å². The molecule has 0 unspecified atom stereocenters. The molecule has 0 atom stereocenters. The first-order valence-corrected chi connectivity index (χ1v) is 6.71. The van der Waals surface area contributed by atoms with Crippen molar-refractivity contribution < 1.29 is 4.39 Å². The fourth-order valence-corrected chi connectivity index (χ4v) is 2.84. The van der Waals surface area contributed by atoms with Gasteiger partial charge >= 0.3 is 0 Å². The minimum absolute atomic E-state index is 0.201. The van der Waals surface area contributed by atoms with Crippen molar-refractivity contribution in [1.29, 1.82) is 5.26 Å². The van der Waals surface area contributed by atoms with Crippen molar-refractivity contribution in [2.45, 2.75) is 46.0 Å². The normalized spacial score (nSPS) is 27.8. The van der Waals surface area contributed by atoms with Gasteiger partial charge in [0.15, 0.2) is 0 Å². The van der Waals surface area contributed by atoms with Crippen LogP contribution in [0.15, 0.2) is 18.2 Å². The lowest BCUT2D eigenvalue weighted by molar-refractivity contribution is 0.218. The quantitative estimate of drug-likeness (QED) is 0.757. The van der Waals surface area contributed by atoms with Crippen LogP contribution in [0.25, 0.3) is 0 Å². The van der Waals surface area contributed by atoms with Crippen LogP contribution in [0.5, 0.6) is 0 Å². The maximum absolute atomic E-state index is 13.3. The Bertz CT molecular complexity index is 464. The Labute approximate surface area is 109 Å². The van der Waals surface area contributed by atoms with Gasteiger partial charge in [-0.3, -0.25) is 0 Å². The topological polar surface area (TPSA) is 23.8 Å². The molecular weight excluding hydrogens is 225 g/mol. The Balaban J connectivity index is 2.21. The molecule has 1 aliphatic rings. The van der Waals surface area contributed by atoms with E-state index in [9.17, 15) is 9.65 Å². The Hall–Kier alpha value is -1.36. The summed E-state index contributed by atoms with van der Waals surface area (Å²) in [5.74, 6) is 0.521. The standard InChI is InChI=1S/C16H20FN/c1-12-5-7-16(11-18,8-6-12)10-14-9-15(17)4-3-13(14)2/h3-4,9,12H,5-8,10H2,1-2H3. The third-order valence-electron chi connectivity index (χ3n) is 4.31. The van der Waals surface area contributed by atoms with Gasteiger partial charge in [0.25, 0.3) is 0 Å². The molecule has 1 aromatic carbocycles. The predicted molar refractivity (Wildman–Crippen MR) is 70.5 cm³/mol. The second-order valence-corrected chi connectivity index (χ2v) is 5.82. The van der Waals surface area contributed by atoms with Gasteiger partial charge in [0.05, 0.1) is 11.5 Å². The van der Waals surface area contributed by atoms with Gasteiger partial charge in [-0.2, -0.15) is 5.26 Å². The van der Waals surface area contributed by atoms with Crippen LogP contribution in [0.3, 0.4) is 0 Å². The number of aryl methyl sites for hydroxylation is 1. The molecule has 1 fully saturated rings. The molecule has 0 saturated heterocycles. The Morgan fingerprint density at radius 2 is 2.06 bits per heavy atom. The molecule has 18 heavy (non-hydrogen) atoms. The molecule has 0 amide bonds. The van der Waals surface area contributed by atoms with Gasteiger partial charge in [-0.05, 0) is 68.2 Å². The summed E-state index contributed by atoms with van der Waals surface area (Å²) >= 11 is 0. The molecule has 1 nitrogen and oxygen atoms in total. The third kappa shape index (κ3) is 2.72. The summed E-state index contributed by atoms with van der Waals surface area (Å²) in [7, 11) is 0. The average molecular weight is 245 g/mol. The lowest BCUT2D eigenvalue weighted by atomic mass is 9.68. The van der Waals surface area contributed by atoms with E-state index in [0.29, 0.717) is 6.42 Å². The van der Waals surface area contributed by atoms with Gasteiger partial charge in [0.1, 0.15) is 5.82 Å². The first-order valence-electron chi connectivity index (χ1n) is 6.71. The van der Waals surface area contributed by atoms with Crippen LogP contribution >= 0.6 is 0 Å². The van der Waals surface area contributed by atoms with Crippen LogP contribution in [-0.2, 0) is 6.42 Å². The zero-order chi connectivity index (χ0) is 13.2. The van der Waals surface area contributed by atoms with E-state index < -0.39 is 0 Å². The number of hydrogen-bond acceptors (Lipinski definition) is 1. The van der Waals surface area contributed by atoms with E-state index in [1.807, 2.05) is 6.92 Å². The molecule has 0 heterocycles. The van der Waals surface area contributed by atoms with E-state index in [1.165, 1.54) is 6.07 Å². The molecule has 1 aromatic rings. The predicted octanol–water partition coefficient (Wildman–Crippen LogP) is 4.40. The zero-order valence-corrected chi connectivity index (χ0v) is 11.2. The van der Waals surface area contributed by atoms with Gasteiger partial charge in [-0.25, -0.2) is 4.39 Å². The SMILES string of the molecule is Cc1ccc(F)cc1CC1(C#N)CCC(C)CC1. The van der Waals surface area contributed by atoms with E-state index >= 15 is 0 Å². The highest BCUT2D eigenvalue weighted by Gasteiger charge is 2.34. The lowest BCUT2D eigenvalue weighted by Gasteiger charge is -2.34. The molecule has 1 saturated carbocycles. The Morgan fingerprint density at radius 3 is 2.67 bits per heavy atom. The van der Waals surface area contributed by atoms with Crippen molar-refractivity contribution in [2.24, 2.45) is 11.3 Å². The van der Waals surface area contributed by atoms with Gasteiger partial charge in [-0.15, -0.1) is 0 Å². The minimum Gasteiger partial charge on any atom is -0.207 e. The first-order chi connectivity index (χ1) is 8.54. The van der Waals surface area contributed by atoms with Crippen molar-refractivity contribution in [1.82, 2.24) is 0 Å². The highest BCUT2D eigenvalue weighted by Crippen LogP contribution is 2.41. The summed E-state index contributed by atoms with van der Waals surface area (Å²) < 4.78 is 13.3. The Morgan fingerprint density at radius 1 is 1.39 bits per heavy atom. The fourth-order valence-electron chi connectivity index (χ4n) is 2.84. The van der Waals surface area contributed by atoms with Crippen LogP contribution in [0.4, 0.5) is 4.39 Å². The summed E-state index contributed by atoms with van der Waals surface area (Å²) in [4.78, 5) is 0. The van der Waals surface area contributed by atoms with Crippen molar-refractivity contribution in [3.8, 4) is 6.07 Å². The highest BCUT2D eigenvalue weighted by molar-refractivity contribution is 5.29. The molecule has 0 radical (unpaired) electrons. The highest BCUT2D eigenvalue weighted by atomic mass is 19.1. The summed E-state index contributed by atoms with van der Waals surface area (Å²) in [6.07, 6.45) is 4.81. The number of benzene rings is 1. The number of halogens is 1. The van der Waals surface area contributed by atoms with Crippen molar-refractivity contribution >= 4 is 0 Å². The maximum Gasteiger partial charge on any atom is 0.123 e. The number of nitrogens with zero attached hydrogens (tertiary/aromatic N) is 1. The second-order valence-electron chi connectivity index (χ2n) is 5.82. The summed E-state index contributed by atoms with van der Waals surface area (Å²) in [5.41, 5.74) is 1.81. The van der Waals surface area contributed by atoms with Crippen LogP contribution in [0.2, 0.25) is 0 Å². The number of rotatable bonds is 2. The smallest absolute Gasteiger partial charge is 0.123 e. The van der Waals surface area contributed by atoms with Gasteiger partial charge in [0, 0.05) is 0 Å². The van der Waals surface area contributed by atoms with Crippen LogP contribution < -0.4 is 0 Å². The number of hydrogen-bond donors (Lipinski definition) is 0. The van der Waals surface area contributed by atoms with Gasteiger partial charge in [0.2, 0.25) is 0 Å². The summed E-state index contributed by atoms with van der Waals surface area (Å²) in [6.45, 7) is 4.24. The van der Waals surface area contributed by atoms with Crippen molar-refractivity contribution in [3.05, 3.63) is 35.1 Å². The molecule has 96 valence electrons. The van der Waals surface area contributed by atoms with E-state index in [-0.39, 0.29) is 11.2 Å². The van der Waals surface area contributed by atoms with E-state index in [1.54, 1.807) is 12.1 Å². The lowest BCUT2D eigenvalue weighted by Crippen LogP contribution is -2.28. The molecule has 0 aliphatic heterocycles. The molecule has 2 heteroatoms. The third-order valence-corrected chi connectivity index (χ3v) is 4.31. The second kappa shape index (κ2) is 5.10. The van der Waals surface area contributed by atoms with Crippen LogP contribution in [0.1, 0.15) is 43.7 Å². The van der Waals surface area contributed by atoms with E-state index in [4.69, 9.17) is 0 Å². The van der Waals surface area contributed by atoms with Crippen molar-refractivity contribution in [2.75, 3.05) is 0 Å². The molecule has 0 aromatic heterocycles. The van der Waals surface area contributed by atoms with E-state index in [2.05, 4.69) is 13.0 Å². The average Bonchev–Trinajstić information content (AvgIpc) is 2.37. The first kappa shape index (κ1) is 13.1. The van der Waals surface area contributed by atoms with E-state index in [0.717, 1.165) is 42.7 Å². The van der Waals surface area contributed by atoms with Crippen LogP contribution in [0, 0.1) is 35.4 Å². The molecule has 0 N–H and O–H groups in total. The molecule has 1 aliphatic carbocycles.